The van der Waals surface area contributed by atoms with E-state index in [1.165, 1.54) is 0 Å². The topological polar surface area (TPSA) is 96.7 Å². The number of hydrogen-bond acceptors (Lipinski definition) is 6. The standard InChI is InChI=1S/C16H23N5O3S/c1-20(13-7-10-25(23,24)12-13)11-16(22)17-8-4-6-15-19-18-14-5-2-3-9-21(14)15/h2-3,5,9,13H,4,6-8,10-12H2,1H3,(H,17,22)/t13-/m1/s1. The number of nitrogens with zero attached hydrogens (tertiary/aromatic N) is 4. The number of aryl methyl sites for hydroxylation is 1. The Kier molecular flexibility index (Phi) is 5.33. The maximum Gasteiger partial charge on any atom is 0.234 e. The van der Waals surface area contributed by atoms with Crippen molar-refractivity contribution in [2.24, 2.45) is 0 Å². The summed E-state index contributed by atoms with van der Waals surface area (Å²) in [5.41, 5.74) is 0.815. The molecule has 25 heavy (non-hydrogen) atoms. The maximum atomic E-state index is 12.0. The first-order valence-corrected chi connectivity index (χ1v) is 10.2. The third kappa shape index (κ3) is 4.55. The fourth-order valence-electron chi connectivity index (χ4n) is 3.07. The van der Waals surface area contributed by atoms with Crippen molar-refractivity contribution in [1.82, 2.24) is 24.8 Å². The monoisotopic (exact) mass is 365 g/mol. The van der Waals surface area contributed by atoms with Gasteiger partial charge in [-0.15, -0.1) is 10.2 Å². The van der Waals surface area contributed by atoms with Gasteiger partial charge in [0.2, 0.25) is 5.91 Å². The molecule has 1 aliphatic heterocycles. The fourth-order valence-corrected chi connectivity index (χ4v) is 4.88. The van der Waals surface area contributed by atoms with Gasteiger partial charge in [-0.1, -0.05) is 6.07 Å². The fraction of sp³-hybridized carbons (Fsp3) is 0.562. The highest BCUT2D eigenvalue weighted by atomic mass is 32.2. The number of fused-ring (bicyclic) bond motifs is 1. The number of sulfone groups is 1. The van der Waals surface area contributed by atoms with Crippen LogP contribution in [0.4, 0.5) is 0 Å². The van der Waals surface area contributed by atoms with Gasteiger partial charge < -0.3 is 5.32 Å². The second-order valence-corrected chi connectivity index (χ2v) is 8.70. The Labute approximate surface area is 147 Å². The molecule has 0 aliphatic carbocycles. The van der Waals surface area contributed by atoms with Crippen molar-refractivity contribution in [3.05, 3.63) is 30.2 Å². The lowest BCUT2D eigenvalue weighted by atomic mass is 10.2. The van der Waals surface area contributed by atoms with Crippen LogP contribution in [0.3, 0.4) is 0 Å². The zero-order valence-electron chi connectivity index (χ0n) is 14.3. The highest BCUT2D eigenvalue weighted by Gasteiger charge is 2.31. The number of amides is 1. The summed E-state index contributed by atoms with van der Waals surface area (Å²) in [6.07, 6.45) is 4.02. The molecule has 1 atom stereocenters. The SMILES string of the molecule is CN(CC(=O)NCCCc1nnc2ccccn12)[C@@H]1CCS(=O)(=O)C1. The van der Waals surface area contributed by atoms with Gasteiger partial charge in [0.05, 0.1) is 18.1 Å². The zero-order chi connectivity index (χ0) is 17.9. The van der Waals surface area contributed by atoms with E-state index in [9.17, 15) is 13.2 Å². The summed E-state index contributed by atoms with van der Waals surface area (Å²) in [7, 11) is -1.13. The molecule has 0 unspecified atom stereocenters. The number of hydrogen-bond donors (Lipinski definition) is 1. The van der Waals surface area contributed by atoms with Crippen molar-refractivity contribution in [2.75, 3.05) is 31.6 Å². The lowest BCUT2D eigenvalue weighted by Crippen LogP contribution is -2.41. The second kappa shape index (κ2) is 7.49. The van der Waals surface area contributed by atoms with Gasteiger partial charge in [-0.05, 0) is 32.0 Å². The van der Waals surface area contributed by atoms with Crippen LogP contribution in [0.5, 0.6) is 0 Å². The molecule has 1 saturated heterocycles. The summed E-state index contributed by atoms with van der Waals surface area (Å²) in [4.78, 5) is 13.8. The molecule has 0 bridgehead atoms. The average molecular weight is 365 g/mol. The third-order valence-corrected chi connectivity index (χ3v) is 6.26. The summed E-state index contributed by atoms with van der Waals surface area (Å²) >= 11 is 0. The van der Waals surface area contributed by atoms with Crippen LogP contribution >= 0.6 is 0 Å². The predicted molar refractivity (Wildman–Crippen MR) is 94.0 cm³/mol. The molecule has 0 radical (unpaired) electrons. The molecule has 2 aromatic heterocycles. The third-order valence-electron chi connectivity index (χ3n) is 4.51. The van der Waals surface area contributed by atoms with Crippen molar-refractivity contribution < 1.29 is 13.2 Å². The summed E-state index contributed by atoms with van der Waals surface area (Å²) in [6.45, 7) is 0.769. The van der Waals surface area contributed by atoms with Gasteiger partial charge in [0, 0.05) is 25.2 Å². The number of nitrogens with one attached hydrogen (secondary N) is 1. The van der Waals surface area contributed by atoms with Crippen molar-refractivity contribution >= 4 is 21.4 Å². The van der Waals surface area contributed by atoms with Crippen LogP contribution in [0.15, 0.2) is 24.4 Å². The first-order chi connectivity index (χ1) is 11.9. The van der Waals surface area contributed by atoms with Crippen LogP contribution in [-0.4, -0.2) is 71.5 Å². The molecule has 1 amide bonds. The number of rotatable bonds is 7. The Morgan fingerprint density at radius 1 is 1.40 bits per heavy atom. The molecule has 0 aromatic carbocycles. The Hall–Kier alpha value is -2.00. The van der Waals surface area contributed by atoms with E-state index in [1.54, 1.807) is 7.05 Å². The number of carbonyl (C=O) groups is 1. The molecule has 3 rings (SSSR count). The van der Waals surface area contributed by atoms with Crippen LogP contribution in [-0.2, 0) is 21.1 Å². The van der Waals surface area contributed by atoms with Gasteiger partial charge in [-0.3, -0.25) is 14.1 Å². The quantitative estimate of drug-likeness (QED) is 0.688. The number of pyridine rings is 1. The Morgan fingerprint density at radius 2 is 2.24 bits per heavy atom. The predicted octanol–water partition coefficient (Wildman–Crippen LogP) is -0.103. The van der Waals surface area contributed by atoms with Crippen molar-refractivity contribution in [2.45, 2.75) is 25.3 Å². The minimum atomic E-state index is -2.93. The van der Waals surface area contributed by atoms with E-state index in [-0.39, 0.29) is 30.0 Å². The van der Waals surface area contributed by atoms with Crippen LogP contribution in [0, 0.1) is 0 Å². The van der Waals surface area contributed by atoms with Crippen LogP contribution in [0.2, 0.25) is 0 Å². The van der Waals surface area contributed by atoms with E-state index >= 15 is 0 Å². The van der Waals surface area contributed by atoms with Crippen LogP contribution in [0.25, 0.3) is 5.65 Å². The summed E-state index contributed by atoms with van der Waals surface area (Å²) < 4.78 is 25.0. The molecule has 1 fully saturated rings. The van der Waals surface area contributed by atoms with Gasteiger partial charge in [0.1, 0.15) is 5.82 Å². The molecule has 0 spiro atoms. The van der Waals surface area contributed by atoms with Crippen molar-refractivity contribution in [3.8, 4) is 0 Å². The molecule has 8 nitrogen and oxygen atoms in total. The largest absolute Gasteiger partial charge is 0.355 e. The van der Waals surface area contributed by atoms with Crippen molar-refractivity contribution in [3.63, 3.8) is 0 Å². The first-order valence-electron chi connectivity index (χ1n) is 8.40. The minimum Gasteiger partial charge on any atom is -0.355 e. The lowest BCUT2D eigenvalue weighted by molar-refractivity contribution is -0.122. The number of aromatic nitrogens is 3. The van der Waals surface area contributed by atoms with E-state index < -0.39 is 9.84 Å². The molecule has 9 heteroatoms. The second-order valence-electron chi connectivity index (χ2n) is 6.47. The molecule has 136 valence electrons. The van der Waals surface area contributed by atoms with Gasteiger partial charge >= 0.3 is 0 Å². The van der Waals surface area contributed by atoms with E-state index in [1.807, 2.05) is 33.7 Å². The van der Waals surface area contributed by atoms with Gasteiger partial charge in [0.15, 0.2) is 15.5 Å². The van der Waals surface area contributed by atoms with Gasteiger partial charge in [-0.25, -0.2) is 8.42 Å². The first kappa shape index (κ1) is 17.8. The van der Waals surface area contributed by atoms with Crippen molar-refractivity contribution in [1.29, 1.82) is 0 Å². The smallest absolute Gasteiger partial charge is 0.234 e. The van der Waals surface area contributed by atoms with Gasteiger partial charge in [0.25, 0.3) is 0 Å². The summed E-state index contributed by atoms with van der Waals surface area (Å²) in [6, 6.07) is 5.69. The Morgan fingerprint density at radius 3 is 3.00 bits per heavy atom. The molecule has 3 heterocycles. The molecular formula is C16H23N5O3S. The normalized spacial score (nSPS) is 19.5. The van der Waals surface area contributed by atoms with E-state index in [0.717, 1.165) is 24.3 Å². The molecule has 2 aromatic rings. The average Bonchev–Trinajstić information content (AvgIpc) is 3.15. The molecule has 0 saturated carbocycles. The highest BCUT2D eigenvalue weighted by molar-refractivity contribution is 7.91. The maximum absolute atomic E-state index is 12.0. The number of likely N-dealkylation sites (N-methyl/N-ethyl adjacent to an activating group) is 1. The highest BCUT2D eigenvalue weighted by Crippen LogP contribution is 2.16. The van der Waals surface area contributed by atoms with E-state index in [2.05, 4.69) is 15.5 Å². The Balaban J connectivity index is 1.39. The minimum absolute atomic E-state index is 0.0573. The lowest BCUT2D eigenvalue weighted by Gasteiger charge is -2.22. The van der Waals surface area contributed by atoms with Crippen LogP contribution in [0.1, 0.15) is 18.7 Å². The summed E-state index contributed by atoms with van der Waals surface area (Å²) in [5.74, 6) is 1.16. The molecule has 1 aliphatic rings. The number of carbonyl (C=O) groups excluding carboxylic acids is 1. The molecular weight excluding hydrogens is 342 g/mol. The zero-order valence-corrected chi connectivity index (χ0v) is 15.1. The molecule has 1 N–H and O–H groups in total. The van der Waals surface area contributed by atoms with Gasteiger partial charge in [-0.2, -0.15) is 0 Å². The van der Waals surface area contributed by atoms with Crippen LogP contribution < -0.4 is 5.32 Å². The summed E-state index contributed by atoms with van der Waals surface area (Å²) in [5, 5.41) is 11.1. The van der Waals surface area contributed by atoms with E-state index in [4.69, 9.17) is 0 Å². The van der Waals surface area contributed by atoms with E-state index in [0.29, 0.717) is 13.0 Å². The Bertz CT molecular complexity index is 848.